The molecule has 2 unspecified atom stereocenters. The molecule has 0 heterocycles. The van der Waals surface area contributed by atoms with Gasteiger partial charge in [0.15, 0.2) is 0 Å². The predicted molar refractivity (Wildman–Crippen MR) is 67.8 cm³/mol. The summed E-state index contributed by atoms with van der Waals surface area (Å²) in [6, 6.07) is 5.56. The molecule has 0 fully saturated rings. The SMILES string of the molecule is CC(CO)NC(=O)NC(C)Cc1cccc(F)c1. The number of amides is 2. The van der Waals surface area contributed by atoms with Gasteiger partial charge in [-0.15, -0.1) is 0 Å². The molecule has 0 saturated carbocycles. The van der Waals surface area contributed by atoms with E-state index in [1.165, 1.54) is 12.1 Å². The highest BCUT2D eigenvalue weighted by molar-refractivity contribution is 5.74. The number of rotatable bonds is 5. The molecule has 0 saturated heterocycles. The smallest absolute Gasteiger partial charge is 0.315 e. The van der Waals surface area contributed by atoms with Gasteiger partial charge in [-0.1, -0.05) is 12.1 Å². The van der Waals surface area contributed by atoms with Crippen LogP contribution >= 0.6 is 0 Å². The summed E-state index contributed by atoms with van der Waals surface area (Å²) < 4.78 is 13.0. The molecule has 4 nitrogen and oxygen atoms in total. The van der Waals surface area contributed by atoms with Crippen molar-refractivity contribution in [2.75, 3.05) is 6.61 Å². The van der Waals surface area contributed by atoms with Gasteiger partial charge < -0.3 is 15.7 Å². The highest BCUT2D eigenvalue weighted by Gasteiger charge is 2.10. The summed E-state index contributed by atoms with van der Waals surface area (Å²) in [6.07, 6.45) is 0.554. The van der Waals surface area contributed by atoms with Gasteiger partial charge in [0, 0.05) is 6.04 Å². The molecule has 0 aromatic heterocycles. The van der Waals surface area contributed by atoms with Gasteiger partial charge >= 0.3 is 6.03 Å². The Morgan fingerprint density at radius 3 is 2.61 bits per heavy atom. The van der Waals surface area contributed by atoms with E-state index in [1.54, 1.807) is 13.0 Å². The van der Waals surface area contributed by atoms with Crippen molar-refractivity contribution in [2.24, 2.45) is 0 Å². The Morgan fingerprint density at radius 2 is 2.00 bits per heavy atom. The third kappa shape index (κ3) is 5.14. The summed E-state index contributed by atoms with van der Waals surface area (Å²) in [5.41, 5.74) is 0.831. The average Bonchev–Trinajstić information content (AvgIpc) is 2.28. The van der Waals surface area contributed by atoms with Gasteiger partial charge in [0.25, 0.3) is 0 Å². The van der Waals surface area contributed by atoms with Crippen molar-refractivity contribution < 1.29 is 14.3 Å². The van der Waals surface area contributed by atoms with Crippen molar-refractivity contribution in [3.63, 3.8) is 0 Å². The predicted octanol–water partition coefficient (Wildman–Crippen LogP) is 1.44. The van der Waals surface area contributed by atoms with Crippen LogP contribution in [-0.2, 0) is 6.42 Å². The fourth-order valence-electron chi connectivity index (χ4n) is 1.60. The molecule has 1 aromatic rings. The van der Waals surface area contributed by atoms with Crippen molar-refractivity contribution in [3.8, 4) is 0 Å². The molecular formula is C13H19FN2O2. The van der Waals surface area contributed by atoms with Crippen LogP contribution in [0.5, 0.6) is 0 Å². The van der Waals surface area contributed by atoms with Crippen LogP contribution < -0.4 is 10.6 Å². The Labute approximate surface area is 106 Å². The van der Waals surface area contributed by atoms with Crippen LogP contribution in [0, 0.1) is 5.82 Å². The lowest BCUT2D eigenvalue weighted by Crippen LogP contribution is -2.46. The number of carbonyl (C=O) groups excluding carboxylic acids is 1. The Bertz CT molecular complexity index is 398. The van der Waals surface area contributed by atoms with E-state index in [9.17, 15) is 9.18 Å². The maximum absolute atomic E-state index is 13.0. The number of aliphatic hydroxyl groups excluding tert-OH is 1. The highest BCUT2D eigenvalue weighted by Crippen LogP contribution is 2.06. The van der Waals surface area contributed by atoms with E-state index in [-0.39, 0.29) is 30.5 Å². The first-order chi connectivity index (χ1) is 8.51. The summed E-state index contributed by atoms with van der Waals surface area (Å²) in [7, 11) is 0. The average molecular weight is 254 g/mol. The van der Waals surface area contributed by atoms with Crippen LogP contribution in [0.4, 0.5) is 9.18 Å². The van der Waals surface area contributed by atoms with Crippen molar-refractivity contribution in [1.29, 1.82) is 0 Å². The molecule has 0 aliphatic rings. The molecule has 1 rings (SSSR count). The minimum atomic E-state index is -0.333. The molecule has 18 heavy (non-hydrogen) atoms. The van der Waals surface area contributed by atoms with E-state index < -0.39 is 0 Å². The van der Waals surface area contributed by atoms with Gasteiger partial charge in [-0.25, -0.2) is 9.18 Å². The summed E-state index contributed by atoms with van der Waals surface area (Å²) >= 11 is 0. The quantitative estimate of drug-likeness (QED) is 0.744. The topological polar surface area (TPSA) is 61.4 Å². The number of hydrogen-bond donors (Lipinski definition) is 3. The summed E-state index contributed by atoms with van der Waals surface area (Å²) in [4.78, 5) is 11.5. The molecule has 5 heteroatoms. The van der Waals surface area contributed by atoms with Gasteiger partial charge in [0.2, 0.25) is 0 Å². The molecule has 2 atom stereocenters. The van der Waals surface area contributed by atoms with E-state index in [0.717, 1.165) is 5.56 Å². The number of urea groups is 1. The molecule has 1 aromatic carbocycles. The van der Waals surface area contributed by atoms with E-state index in [1.807, 2.05) is 13.0 Å². The monoisotopic (exact) mass is 254 g/mol. The van der Waals surface area contributed by atoms with Gasteiger partial charge in [0.1, 0.15) is 5.82 Å². The fraction of sp³-hybridized carbons (Fsp3) is 0.462. The molecule has 0 radical (unpaired) electrons. The Hall–Kier alpha value is -1.62. The number of aliphatic hydroxyl groups is 1. The molecule has 0 aliphatic carbocycles. The first-order valence-corrected chi connectivity index (χ1v) is 5.93. The lowest BCUT2D eigenvalue weighted by Gasteiger charge is -2.17. The van der Waals surface area contributed by atoms with Crippen LogP contribution in [0.1, 0.15) is 19.4 Å². The first-order valence-electron chi connectivity index (χ1n) is 5.93. The van der Waals surface area contributed by atoms with Crippen LogP contribution in [0.3, 0.4) is 0 Å². The molecule has 2 amide bonds. The Morgan fingerprint density at radius 1 is 1.33 bits per heavy atom. The molecule has 0 aliphatic heterocycles. The number of hydrogen-bond acceptors (Lipinski definition) is 2. The second-order valence-electron chi connectivity index (χ2n) is 4.44. The zero-order valence-electron chi connectivity index (χ0n) is 10.6. The lowest BCUT2D eigenvalue weighted by atomic mass is 10.1. The van der Waals surface area contributed by atoms with E-state index in [4.69, 9.17) is 5.11 Å². The summed E-state index contributed by atoms with van der Waals surface area (Å²) in [5, 5.41) is 14.1. The fourth-order valence-corrected chi connectivity index (χ4v) is 1.60. The van der Waals surface area contributed by atoms with Gasteiger partial charge in [-0.3, -0.25) is 0 Å². The minimum absolute atomic E-state index is 0.105. The third-order valence-electron chi connectivity index (χ3n) is 2.46. The third-order valence-corrected chi connectivity index (χ3v) is 2.46. The van der Waals surface area contributed by atoms with Crippen LogP contribution in [0.15, 0.2) is 24.3 Å². The van der Waals surface area contributed by atoms with E-state index >= 15 is 0 Å². The van der Waals surface area contributed by atoms with Crippen LogP contribution in [0.2, 0.25) is 0 Å². The highest BCUT2D eigenvalue weighted by atomic mass is 19.1. The lowest BCUT2D eigenvalue weighted by molar-refractivity contribution is 0.218. The van der Waals surface area contributed by atoms with Gasteiger partial charge in [-0.2, -0.15) is 0 Å². The molecule has 100 valence electrons. The van der Waals surface area contributed by atoms with Gasteiger partial charge in [-0.05, 0) is 38.0 Å². The second-order valence-corrected chi connectivity index (χ2v) is 4.44. The van der Waals surface area contributed by atoms with Crippen molar-refractivity contribution >= 4 is 6.03 Å². The maximum Gasteiger partial charge on any atom is 0.315 e. The number of benzene rings is 1. The molecule has 0 spiro atoms. The van der Waals surface area contributed by atoms with Gasteiger partial charge in [0.05, 0.1) is 12.6 Å². The standard InChI is InChI=1S/C13H19FN2O2/c1-9(15-13(18)16-10(2)8-17)6-11-4-3-5-12(14)7-11/h3-5,7,9-10,17H,6,8H2,1-2H3,(H2,15,16,18). The van der Waals surface area contributed by atoms with Crippen molar-refractivity contribution in [3.05, 3.63) is 35.6 Å². The van der Waals surface area contributed by atoms with E-state index in [2.05, 4.69) is 10.6 Å². The Kier molecular flexibility index (Phi) is 5.58. The zero-order chi connectivity index (χ0) is 13.5. The normalized spacial score (nSPS) is 13.8. The van der Waals surface area contributed by atoms with Crippen molar-refractivity contribution in [2.45, 2.75) is 32.4 Å². The van der Waals surface area contributed by atoms with Crippen LogP contribution in [-0.4, -0.2) is 29.8 Å². The van der Waals surface area contributed by atoms with Crippen molar-refractivity contribution in [1.82, 2.24) is 10.6 Å². The molecular weight excluding hydrogens is 235 g/mol. The zero-order valence-corrected chi connectivity index (χ0v) is 10.6. The minimum Gasteiger partial charge on any atom is -0.394 e. The first kappa shape index (κ1) is 14.4. The number of carbonyl (C=O) groups is 1. The number of halogens is 1. The Balaban J connectivity index is 2.42. The molecule has 0 bridgehead atoms. The molecule has 3 N–H and O–H groups in total. The largest absolute Gasteiger partial charge is 0.394 e. The second kappa shape index (κ2) is 6.96. The summed E-state index contributed by atoms with van der Waals surface area (Å²) in [5.74, 6) is -0.280. The maximum atomic E-state index is 13.0. The summed E-state index contributed by atoms with van der Waals surface area (Å²) in [6.45, 7) is 3.44. The van der Waals surface area contributed by atoms with Crippen LogP contribution in [0.25, 0.3) is 0 Å². The van der Waals surface area contributed by atoms with E-state index in [0.29, 0.717) is 6.42 Å². The number of nitrogens with one attached hydrogen (secondary N) is 2.